The van der Waals surface area contributed by atoms with E-state index in [1.165, 1.54) is 0 Å². The second-order valence-corrected chi connectivity index (χ2v) is 18.2. The van der Waals surface area contributed by atoms with Crippen molar-refractivity contribution < 1.29 is 29.0 Å². The van der Waals surface area contributed by atoms with E-state index in [2.05, 4.69) is 10.6 Å². The minimum Gasteiger partial charge on any atom is -0.432 e. The number of rotatable bonds is 11. The van der Waals surface area contributed by atoms with Gasteiger partial charge in [-0.1, -0.05) is 67.6 Å². The standard InChI is InChI=1S/C38H48N4O6Si/c1-26-35(49(2,3)47)33(22-34(44)41(20-21-43)24-27-10-5-4-6-11-27)48-38(26)31-13-7-8-14-32(31)42(37(38)46)25-28-15-17-30(18-16-28)40-36(45)29-12-9-19-39-23-29/h4-8,10-11,13-18,26,29,33,35,39,43,47H,9,12,19-25H2,1-3H3,(H,40,45)/t26-,29?,33+,35-,38+/m1/s1. The maximum atomic E-state index is 14.7. The lowest BCUT2D eigenvalue weighted by molar-refractivity contribution is -0.150. The van der Waals surface area contributed by atoms with Crippen LogP contribution < -0.4 is 15.5 Å². The molecule has 3 aromatic rings. The van der Waals surface area contributed by atoms with Crippen molar-refractivity contribution in [2.24, 2.45) is 11.8 Å². The number of aliphatic hydroxyl groups excluding tert-OH is 1. The number of carbonyl (C=O) groups is 3. The van der Waals surface area contributed by atoms with Crippen LogP contribution in [0.4, 0.5) is 11.4 Å². The molecule has 3 aliphatic heterocycles. The number of amides is 3. The smallest absolute Gasteiger partial charge is 0.264 e. The minimum absolute atomic E-state index is 0.00963. The Morgan fingerprint density at radius 3 is 2.43 bits per heavy atom. The number of nitrogens with zero attached hydrogens (tertiary/aromatic N) is 2. The van der Waals surface area contributed by atoms with Gasteiger partial charge in [0.05, 0.1) is 37.3 Å². The van der Waals surface area contributed by atoms with Crippen LogP contribution in [-0.4, -0.2) is 73.2 Å². The van der Waals surface area contributed by atoms with Gasteiger partial charge in [-0.3, -0.25) is 14.4 Å². The van der Waals surface area contributed by atoms with Gasteiger partial charge >= 0.3 is 0 Å². The molecule has 3 aliphatic rings. The fraction of sp³-hybridized carbons (Fsp3) is 0.447. The van der Waals surface area contributed by atoms with Gasteiger partial charge in [0, 0.05) is 42.3 Å². The summed E-state index contributed by atoms with van der Waals surface area (Å²) in [6.07, 6.45) is 1.15. The number of para-hydroxylation sites is 1. The zero-order chi connectivity index (χ0) is 34.8. The Balaban J connectivity index is 1.23. The number of hydrogen-bond donors (Lipinski definition) is 4. The molecule has 0 aromatic heterocycles. The predicted octanol–water partition coefficient (Wildman–Crippen LogP) is 4.38. The molecule has 11 heteroatoms. The van der Waals surface area contributed by atoms with E-state index in [9.17, 15) is 24.3 Å². The quantitative estimate of drug-likeness (QED) is 0.221. The van der Waals surface area contributed by atoms with Gasteiger partial charge in [-0.25, -0.2) is 0 Å². The number of fused-ring (bicyclic) bond motifs is 2. The third-order valence-electron chi connectivity index (χ3n) is 10.4. The molecule has 1 unspecified atom stereocenters. The monoisotopic (exact) mass is 684 g/mol. The summed E-state index contributed by atoms with van der Waals surface area (Å²) in [4.78, 5) is 56.3. The first-order valence-corrected chi connectivity index (χ1v) is 20.4. The number of carbonyl (C=O) groups excluding carboxylic acids is 3. The molecule has 0 aliphatic carbocycles. The van der Waals surface area contributed by atoms with E-state index in [4.69, 9.17) is 4.74 Å². The molecule has 260 valence electrons. The molecule has 3 aromatic carbocycles. The Morgan fingerprint density at radius 2 is 1.76 bits per heavy atom. The van der Waals surface area contributed by atoms with Gasteiger partial charge < -0.3 is 35.1 Å². The molecule has 0 saturated carbocycles. The summed E-state index contributed by atoms with van der Waals surface area (Å²) >= 11 is 0. The second-order valence-electron chi connectivity index (χ2n) is 14.2. The maximum Gasteiger partial charge on any atom is 0.264 e. The summed E-state index contributed by atoms with van der Waals surface area (Å²) in [7, 11) is -2.97. The van der Waals surface area contributed by atoms with Gasteiger partial charge in [0.1, 0.15) is 0 Å². The van der Waals surface area contributed by atoms with Crippen LogP contribution in [0, 0.1) is 11.8 Å². The third-order valence-corrected chi connectivity index (χ3v) is 12.9. The number of piperidine rings is 1. The van der Waals surface area contributed by atoms with Crippen LogP contribution in [0.3, 0.4) is 0 Å². The van der Waals surface area contributed by atoms with Crippen molar-refractivity contribution in [3.05, 3.63) is 95.6 Å². The van der Waals surface area contributed by atoms with Gasteiger partial charge in [0.25, 0.3) is 5.91 Å². The molecule has 5 atom stereocenters. The molecule has 0 radical (unpaired) electrons. The maximum absolute atomic E-state index is 14.7. The largest absolute Gasteiger partial charge is 0.432 e. The molecular formula is C38H48N4O6Si. The van der Waals surface area contributed by atoms with Crippen LogP contribution in [-0.2, 0) is 37.8 Å². The summed E-state index contributed by atoms with van der Waals surface area (Å²) in [6, 6.07) is 24.8. The summed E-state index contributed by atoms with van der Waals surface area (Å²) in [6.45, 7) is 7.91. The molecule has 3 amide bonds. The predicted molar refractivity (Wildman–Crippen MR) is 191 cm³/mol. The molecule has 2 fully saturated rings. The van der Waals surface area contributed by atoms with Crippen LogP contribution in [0.15, 0.2) is 78.9 Å². The highest BCUT2D eigenvalue weighted by atomic mass is 28.4. The highest BCUT2D eigenvalue weighted by Crippen LogP contribution is 2.59. The van der Waals surface area contributed by atoms with Crippen LogP contribution in [0.2, 0.25) is 18.6 Å². The highest BCUT2D eigenvalue weighted by Gasteiger charge is 2.66. The van der Waals surface area contributed by atoms with Crippen molar-refractivity contribution in [1.82, 2.24) is 10.2 Å². The summed E-state index contributed by atoms with van der Waals surface area (Å²) in [5.41, 5.74) is 2.28. The van der Waals surface area contributed by atoms with Gasteiger partial charge in [-0.05, 0) is 61.8 Å². The van der Waals surface area contributed by atoms with Crippen molar-refractivity contribution in [3.8, 4) is 0 Å². The Labute approximate surface area is 289 Å². The van der Waals surface area contributed by atoms with Crippen molar-refractivity contribution >= 4 is 37.4 Å². The van der Waals surface area contributed by atoms with E-state index < -0.39 is 31.5 Å². The molecular weight excluding hydrogens is 637 g/mol. The Bertz CT molecular complexity index is 1640. The molecule has 1 spiro atoms. The van der Waals surface area contributed by atoms with Gasteiger partial charge in [0.15, 0.2) is 13.9 Å². The Kier molecular flexibility index (Phi) is 10.4. The lowest BCUT2D eigenvalue weighted by Gasteiger charge is -2.32. The zero-order valence-electron chi connectivity index (χ0n) is 28.6. The molecule has 6 rings (SSSR count). The summed E-state index contributed by atoms with van der Waals surface area (Å²) < 4.78 is 6.86. The first kappa shape index (κ1) is 35.0. The van der Waals surface area contributed by atoms with E-state index in [1.54, 1.807) is 9.80 Å². The Hall–Kier alpha value is -3.87. The summed E-state index contributed by atoms with van der Waals surface area (Å²) in [5.74, 6) is -0.845. The average molecular weight is 685 g/mol. The van der Waals surface area contributed by atoms with E-state index in [0.29, 0.717) is 25.3 Å². The van der Waals surface area contributed by atoms with Crippen molar-refractivity contribution in [2.75, 3.05) is 36.5 Å². The lowest BCUT2D eigenvalue weighted by atomic mass is 9.82. The van der Waals surface area contributed by atoms with Crippen LogP contribution in [0.1, 0.15) is 42.9 Å². The SMILES string of the molecule is C[C@@H]1[C@@H]([Si](C)(C)O)[C@H](CC(=O)N(CCO)Cc2ccccc2)O[C@@]12C(=O)N(Cc1ccc(NC(=O)C3CCCNC3)cc1)c1ccccc12. The number of anilines is 2. The fourth-order valence-corrected chi connectivity index (χ4v) is 10.7. The van der Waals surface area contributed by atoms with Gasteiger partial charge in [-0.15, -0.1) is 0 Å². The van der Waals surface area contributed by atoms with E-state index in [1.807, 2.05) is 98.9 Å². The molecule has 2 saturated heterocycles. The highest BCUT2D eigenvalue weighted by molar-refractivity contribution is 6.71. The van der Waals surface area contributed by atoms with Crippen LogP contribution >= 0.6 is 0 Å². The minimum atomic E-state index is -2.97. The number of benzene rings is 3. The Morgan fingerprint density at radius 1 is 1.04 bits per heavy atom. The van der Waals surface area contributed by atoms with E-state index in [0.717, 1.165) is 41.8 Å². The molecule has 0 bridgehead atoms. The van der Waals surface area contributed by atoms with Gasteiger partial charge in [0.2, 0.25) is 11.8 Å². The van der Waals surface area contributed by atoms with Gasteiger partial charge in [-0.2, -0.15) is 0 Å². The topological polar surface area (TPSA) is 131 Å². The third kappa shape index (κ3) is 7.09. The van der Waals surface area contributed by atoms with E-state index >= 15 is 0 Å². The molecule has 49 heavy (non-hydrogen) atoms. The number of ether oxygens (including phenoxy) is 1. The lowest BCUT2D eigenvalue weighted by Crippen LogP contribution is -2.46. The number of nitrogens with one attached hydrogen (secondary N) is 2. The molecule has 10 nitrogen and oxygen atoms in total. The zero-order valence-corrected chi connectivity index (χ0v) is 29.6. The van der Waals surface area contributed by atoms with Crippen LogP contribution in [0.25, 0.3) is 0 Å². The molecule has 4 N–H and O–H groups in total. The van der Waals surface area contributed by atoms with Crippen molar-refractivity contribution in [3.63, 3.8) is 0 Å². The van der Waals surface area contributed by atoms with Crippen LogP contribution in [0.5, 0.6) is 0 Å². The number of aliphatic hydroxyl groups is 1. The van der Waals surface area contributed by atoms with Crippen molar-refractivity contribution in [1.29, 1.82) is 0 Å². The fourth-order valence-electron chi connectivity index (χ4n) is 8.10. The second kappa shape index (κ2) is 14.5. The number of hydrogen-bond acceptors (Lipinski definition) is 7. The van der Waals surface area contributed by atoms with Crippen molar-refractivity contribution in [2.45, 2.75) is 69.6 Å². The average Bonchev–Trinajstić information content (AvgIpc) is 3.52. The molecule has 3 heterocycles. The first-order chi connectivity index (χ1) is 23.5. The first-order valence-electron chi connectivity index (χ1n) is 17.4. The van der Waals surface area contributed by atoms with E-state index in [-0.39, 0.29) is 43.2 Å². The summed E-state index contributed by atoms with van der Waals surface area (Å²) in [5, 5.41) is 16.1. The normalized spacial score (nSPS) is 25.0.